The molecule has 176 valence electrons. The zero-order chi connectivity index (χ0) is 22.8. The number of nitriles is 1. The Balaban J connectivity index is 0.00000385. The van der Waals surface area contributed by atoms with Gasteiger partial charge in [-0.25, -0.2) is 0 Å². The van der Waals surface area contributed by atoms with E-state index in [2.05, 4.69) is 16.7 Å². The second-order valence-corrected chi connectivity index (χ2v) is 10.3. The third kappa shape index (κ3) is 8.88. The third-order valence-corrected chi connectivity index (χ3v) is 7.32. The fourth-order valence-electron chi connectivity index (χ4n) is 4.24. The summed E-state index contributed by atoms with van der Waals surface area (Å²) in [7, 11) is 0. The molecular weight excluding hydrogens is 497 g/mol. The predicted octanol–water partition coefficient (Wildman–Crippen LogP) is 3.72. The number of nitrogens with one attached hydrogen (secondary N) is 2. The summed E-state index contributed by atoms with van der Waals surface area (Å²) in [6.45, 7) is 0.354. The molecule has 0 spiro atoms. The molecule has 0 aliphatic heterocycles. The molecule has 0 aromatic heterocycles. The van der Waals surface area contributed by atoms with Gasteiger partial charge in [0.15, 0.2) is 0 Å². The number of rotatable bonds is 9. The Bertz CT molecular complexity index is 925. The van der Waals surface area contributed by atoms with E-state index in [1.165, 1.54) is 49.0 Å². The first-order valence-electron chi connectivity index (χ1n) is 11.4. The minimum absolute atomic E-state index is 0. The van der Waals surface area contributed by atoms with Crippen molar-refractivity contribution in [3.63, 3.8) is 0 Å². The Hall–Kier alpha value is -2.28. The number of hydrogen-bond donors (Lipinski definition) is 2. The van der Waals surface area contributed by atoms with Gasteiger partial charge in [-0.2, -0.15) is 5.26 Å². The average Bonchev–Trinajstić information content (AvgIpc) is 2.83. The number of amides is 2. The SMILES string of the molecule is Cl.N#Cc1ccc(CNC(=O)[C@H](Cc2ccccc2)NC(=O)[C@H]([AsH2])CC2CCCCC2)cc1. The van der Waals surface area contributed by atoms with Gasteiger partial charge in [0.1, 0.15) is 0 Å². The molecule has 2 aromatic carbocycles. The van der Waals surface area contributed by atoms with Crippen molar-refractivity contribution in [2.45, 2.75) is 62.2 Å². The zero-order valence-corrected chi connectivity index (χ0v) is 22.1. The number of carbonyl (C=O) groups is 2. The summed E-state index contributed by atoms with van der Waals surface area (Å²) < 4.78 is -0.0461. The average molecular weight is 530 g/mol. The van der Waals surface area contributed by atoms with Gasteiger partial charge in [0.05, 0.1) is 0 Å². The van der Waals surface area contributed by atoms with Gasteiger partial charge in [-0.1, -0.05) is 0 Å². The standard InChI is InChI=1S/C26H32AsN3O2.ClH/c27-23(15-19-7-3-1-4-8-19)25(31)30-24(16-20-9-5-2-6-10-20)26(32)29-18-22-13-11-21(17-28)12-14-22;/h2,5-6,9-14,19,23-24H,1,3-4,7-8,15-16,18,27H2,(H,29,32)(H,30,31);1H/t23-,24+;/m1./s1. The molecule has 0 heterocycles. The predicted molar refractivity (Wildman–Crippen MR) is 136 cm³/mol. The maximum atomic E-state index is 13.0. The molecule has 7 heteroatoms. The molecule has 2 N–H and O–H groups in total. The van der Waals surface area contributed by atoms with Crippen LogP contribution >= 0.6 is 12.4 Å². The normalized spacial score (nSPS) is 15.4. The van der Waals surface area contributed by atoms with Crippen LogP contribution in [0.1, 0.15) is 55.2 Å². The van der Waals surface area contributed by atoms with Gasteiger partial charge in [0.25, 0.3) is 0 Å². The number of nitrogens with zero attached hydrogens (tertiary/aromatic N) is 1. The Kier molecular flexibility index (Phi) is 11.5. The molecule has 3 rings (SSSR count). The molecule has 33 heavy (non-hydrogen) atoms. The van der Waals surface area contributed by atoms with Crippen LogP contribution in [0.25, 0.3) is 0 Å². The van der Waals surface area contributed by atoms with Crippen LogP contribution in [-0.2, 0) is 22.6 Å². The van der Waals surface area contributed by atoms with Crippen LogP contribution in [0.2, 0.25) is 4.71 Å². The van der Waals surface area contributed by atoms with Gasteiger partial charge in [-0.15, -0.1) is 12.4 Å². The van der Waals surface area contributed by atoms with Crippen molar-refractivity contribution in [1.82, 2.24) is 10.6 Å². The van der Waals surface area contributed by atoms with Crippen LogP contribution in [0.3, 0.4) is 0 Å². The van der Waals surface area contributed by atoms with E-state index in [-0.39, 0.29) is 28.9 Å². The molecule has 0 radical (unpaired) electrons. The number of hydrogen-bond acceptors (Lipinski definition) is 3. The van der Waals surface area contributed by atoms with Crippen LogP contribution in [0.5, 0.6) is 0 Å². The van der Waals surface area contributed by atoms with E-state index in [1.807, 2.05) is 42.5 Å². The topological polar surface area (TPSA) is 82.0 Å². The fraction of sp³-hybridized carbons (Fsp3) is 0.423. The van der Waals surface area contributed by atoms with Gasteiger partial charge in [-0.3, -0.25) is 0 Å². The Morgan fingerprint density at radius 2 is 1.64 bits per heavy atom. The summed E-state index contributed by atoms with van der Waals surface area (Å²) in [5.74, 6) is 0.415. The Morgan fingerprint density at radius 3 is 2.27 bits per heavy atom. The van der Waals surface area contributed by atoms with Crippen LogP contribution in [0, 0.1) is 17.2 Å². The molecule has 1 saturated carbocycles. The number of halogens is 1. The third-order valence-electron chi connectivity index (χ3n) is 6.11. The van der Waals surface area contributed by atoms with Gasteiger partial charge in [0.2, 0.25) is 0 Å². The second kappa shape index (κ2) is 14.1. The molecule has 1 fully saturated rings. The van der Waals surface area contributed by atoms with Crippen molar-refractivity contribution >= 4 is 41.1 Å². The second-order valence-electron chi connectivity index (χ2n) is 8.62. The van der Waals surface area contributed by atoms with Crippen molar-refractivity contribution in [2.75, 3.05) is 0 Å². The van der Waals surface area contributed by atoms with Crippen molar-refractivity contribution in [3.05, 3.63) is 71.3 Å². The molecule has 0 bridgehead atoms. The summed E-state index contributed by atoms with van der Waals surface area (Å²) >= 11 is 1.44. The maximum absolute atomic E-state index is 13.0. The van der Waals surface area contributed by atoms with Crippen LogP contribution in [-0.4, -0.2) is 34.7 Å². The van der Waals surface area contributed by atoms with Crippen LogP contribution in [0.15, 0.2) is 54.6 Å². The number of benzene rings is 2. The van der Waals surface area contributed by atoms with Gasteiger partial charge >= 0.3 is 194 Å². The first-order chi connectivity index (χ1) is 15.5. The Labute approximate surface area is 211 Å². The first-order valence-corrected chi connectivity index (χ1v) is 12.8. The first kappa shape index (κ1) is 27.0. The zero-order valence-electron chi connectivity index (χ0n) is 18.8. The Morgan fingerprint density at radius 1 is 0.970 bits per heavy atom. The molecular formula is C26H33AsClN3O2. The summed E-state index contributed by atoms with van der Waals surface area (Å²) in [5.41, 5.74) is 2.51. The van der Waals surface area contributed by atoms with E-state index in [4.69, 9.17) is 5.26 Å². The molecule has 5 nitrogen and oxygen atoms in total. The van der Waals surface area contributed by atoms with Crippen molar-refractivity contribution in [3.8, 4) is 6.07 Å². The molecule has 0 saturated heterocycles. The molecule has 2 aromatic rings. The van der Waals surface area contributed by atoms with E-state index in [0.29, 0.717) is 24.4 Å². The molecule has 2 amide bonds. The summed E-state index contributed by atoms with van der Waals surface area (Å²) in [6.07, 6.45) is 7.63. The van der Waals surface area contributed by atoms with Crippen LogP contribution < -0.4 is 10.6 Å². The quantitative estimate of drug-likeness (QED) is 0.486. The summed E-state index contributed by atoms with van der Waals surface area (Å²) in [5, 5.41) is 14.9. The van der Waals surface area contributed by atoms with E-state index in [1.54, 1.807) is 12.1 Å². The van der Waals surface area contributed by atoms with E-state index >= 15 is 0 Å². The van der Waals surface area contributed by atoms with Gasteiger partial charge in [0, 0.05) is 0 Å². The van der Waals surface area contributed by atoms with E-state index in [0.717, 1.165) is 17.5 Å². The summed E-state index contributed by atoms with van der Waals surface area (Å²) in [6, 6.07) is 18.4. The van der Waals surface area contributed by atoms with Crippen molar-refractivity contribution in [2.24, 2.45) is 5.92 Å². The molecule has 1 unspecified atom stereocenters. The molecule has 1 aliphatic carbocycles. The summed E-state index contributed by atoms with van der Waals surface area (Å²) in [4.78, 5) is 26.0. The monoisotopic (exact) mass is 529 g/mol. The molecule has 1 aliphatic rings. The molecule has 3 atom stereocenters. The van der Waals surface area contributed by atoms with E-state index < -0.39 is 6.04 Å². The fourth-order valence-corrected chi connectivity index (χ4v) is 5.25. The van der Waals surface area contributed by atoms with Crippen molar-refractivity contribution in [1.29, 1.82) is 5.26 Å². The van der Waals surface area contributed by atoms with Gasteiger partial charge in [-0.05, 0) is 0 Å². The number of carbonyl (C=O) groups excluding carboxylic acids is 2. The van der Waals surface area contributed by atoms with Crippen molar-refractivity contribution < 1.29 is 9.59 Å². The van der Waals surface area contributed by atoms with Gasteiger partial charge < -0.3 is 0 Å². The van der Waals surface area contributed by atoms with E-state index in [9.17, 15) is 9.59 Å². The minimum atomic E-state index is -0.618. The van der Waals surface area contributed by atoms with Crippen LogP contribution in [0.4, 0.5) is 0 Å².